The molecule has 0 aliphatic carbocycles. The molecule has 118 valence electrons. The summed E-state index contributed by atoms with van der Waals surface area (Å²) in [5.74, 6) is 0. The van der Waals surface area contributed by atoms with Crippen molar-refractivity contribution < 1.29 is 0 Å². The van der Waals surface area contributed by atoms with Crippen LogP contribution in [0.4, 0.5) is 0 Å². The van der Waals surface area contributed by atoms with Crippen LogP contribution in [-0.4, -0.2) is 27.2 Å². The molecule has 0 amide bonds. The van der Waals surface area contributed by atoms with Gasteiger partial charge in [0.1, 0.15) is 0 Å². The quantitative estimate of drug-likeness (QED) is 0.681. The maximum atomic E-state index is 3.16. The first-order valence-electron chi connectivity index (χ1n) is 9.04. The van der Waals surface area contributed by atoms with Crippen LogP contribution in [-0.2, 0) is 0 Å². The summed E-state index contributed by atoms with van der Waals surface area (Å²) in [4.78, 5) is 0. The number of hydrogen-bond donors (Lipinski definition) is 0. The van der Waals surface area contributed by atoms with Gasteiger partial charge in [0, 0.05) is 0 Å². The van der Waals surface area contributed by atoms with E-state index in [4.69, 9.17) is 0 Å². The van der Waals surface area contributed by atoms with Gasteiger partial charge in [-0.3, -0.25) is 0 Å². The van der Waals surface area contributed by atoms with Gasteiger partial charge in [-0.1, -0.05) is 65.3 Å². The van der Waals surface area contributed by atoms with Gasteiger partial charge < -0.3 is 4.23 Å². The van der Waals surface area contributed by atoms with Crippen LogP contribution in [0.1, 0.15) is 47.5 Å². The standard InChI is InChI=1S/C18H33NSi2/c1-6-11-16-19-20(7-2,8-3)17-14-12-13-15-18(17)21(19,9-4)10-5/h12-15H,6-11,16H2,1-5H3. The largest absolute Gasteiger partial charge is 0.338 e. The van der Waals surface area contributed by atoms with Gasteiger partial charge in [-0.15, -0.1) is 0 Å². The Kier molecular flexibility index (Phi) is 5.50. The fourth-order valence-corrected chi connectivity index (χ4v) is 19.8. The van der Waals surface area contributed by atoms with Crippen LogP contribution in [0.25, 0.3) is 0 Å². The summed E-state index contributed by atoms with van der Waals surface area (Å²) < 4.78 is 3.16. The Morgan fingerprint density at radius 3 is 1.52 bits per heavy atom. The minimum atomic E-state index is -1.45. The van der Waals surface area contributed by atoms with Crippen molar-refractivity contribution in [1.82, 2.24) is 4.23 Å². The molecule has 1 aromatic carbocycles. The molecule has 1 nitrogen and oxygen atoms in total. The van der Waals surface area contributed by atoms with Crippen LogP contribution < -0.4 is 10.4 Å². The maximum absolute atomic E-state index is 3.16. The third-order valence-corrected chi connectivity index (χ3v) is 18.9. The van der Waals surface area contributed by atoms with Crippen LogP contribution in [0.5, 0.6) is 0 Å². The van der Waals surface area contributed by atoms with Crippen LogP contribution >= 0.6 is 0 Å². The van der Waals surface area contributed by atoms with Crippen molar-refractivity contribution in [2.75, 3.05) is 6.54 Å². The molecule has 21 heavy (non-hydrogen) atoms. The highest BCUT2D eigenvalue weighted by molar-refractivity contribution is 7.12. The first-order chi connectivity index (χ1) is 10.2. The molecule has 0 saturated carbocycles. The van der Waals surface area contributed by atoms with Gasteiger partial charge in [-0.05, 0) is 47.5 Å². The molecule has 1 aromatic rings. The lowest BCUT2D eigenvalue weighted by atomic mass is 10.3. The van der Waals surface area contributed by atoms with Crippen LogP contribution in [0.15, 0.2) is 24.3 Å². The molecular weight excluding hydrogens is 286 g/mol. The summed E-state index contributed by atoms with van der Waals surface area (Å²) in [5, 5.41) is 3.61. The van der Waals surface area contributed by atoms with Gasteiger partial charge >= 0.3 is 0 Å². The predicted molar refractivity (Wildman–Crippen MR) is 101 cm³/mol. The second-order valence-electron chi connectivity index (χ2n) is 6.53. The van der Waals surface area contributed by atoms with Gasteiger partial charge in [0.15, 0.2) is 16.5 Å². The van der Waals surface area contributed by atoms with Crippen molar-refractivity contribution >= 4 is 26.8 Å². The number of nitrogens with zero attached hydrogens (tertiary/aromatic N) is 1. The van der Waals surface area contributed by atoms with E-state index in [2.05, 4.69) is 63.1 Å². The van der Waals surface area contributed by atoms with E-state index in [9.17, 15) is 0 Å². The molecule has 0 spiro atoms. The summed E-state index contributed by atoms with van der Waals surface area (Å²) in [7, 11) is -2.90. The van der Waals surface area contributed by atoms with Crippen molar-refractivity contribution in [1.29, 1.82) is 0 Å². The van der Waals surface area contributed by atoms with Crippen molar-refractivity contribution in [3.8, 4) is 0 Å². The third-order valence-electron chi connectivity index (χ3n) is 6.04. The highest BCUT2D eigenvalue weighted by Gasteiger charge is 2.57. The Balaban J connectivity index is 2.63. The summed E-state index contributed by atoms with van der Waals surface area (Å²) in [5.41, 5.74) is 0. The number of rotatable bonds is 7. The number of fused-ring (bicyclic) bond motifs is 1. The maximum Gasteiger partial charge on any atom is 0.153 e. The number of benzene rings is 1. The molecule has 0 unspecified atom stereocenters. The average Bonchev–Trinajstić information content (AvgIpc) is 2.79. The molecule has 0 N–H and O–H groups in total. The number of hydrogen-bond acceptors (Lipinski definition) is 1. The topological polar surface area (TPSA) is 3.24 Å². The SMILES string of the molecule is CCCCN1[Si](CC)(CC)c2ccccc2[Si]1(CC)CC. The van der Waals surface area contributed by atoms with Crippen LogP contribution in [0, 0.1) is 0 Å². The Morgan fingerprint density at radius 1 is 0.762 bits per heavy atom. The highest BCUT2D eigenvalue weighted by Crippen LogP contribution is 2.36. The van der Waals surface area contributed by atoms with E-state index in [0.717, 1.165) is 0 Å². The molecule has 2 rings (SSSR count). The zero-order chi connectivity index (χ0) is 15.5. The lowest BCUT2D eigenvalue weighted by Gasteiger charge is -2.45. The van der Waals surface area contributed by atoms with Gasteiger partial charge in [-0.2, -0.15) is 0 Å². The molecule has 0 bridgehead atoms. The van der Waals surface area contributed by atoms with E-state index in [-0.39, 0.29) is 0 Å². The minimum Gasteiger partial charge on any atom is -0.338 e. The fraction of sp³-hybridized carbons (Fsp3) is 0.667. The zero-order valence-electron chi connectivity index (χ0n) is 14.7. The molecule has 3 heteroatoms. The highest BCUT2D eigenvalue weighted by atomic mass is 28.4. The van der Waals surface area contributed by atoms with E-state index in [1.54, 1.807) is 10.4 Å². The Labute approximate surface area is 133 Å². The second-order valence-corrected chi connectivity index (χ2v) is 16.1. The smallest absolute Gasteiger partial charge is 0.153 e. The van der Waals surface area contributed by atoms with Crippen LogP contribution in [0.3, 0.4) is 0 Å². The summed E-state index contributed by atoms with van der Waals surface area (Å²) in [6.07, 6.45) is 2.69. The fourth-order valence-electron chi connectivity index (χ4n) is 4.76. The van der Waals surface area contributed by atoms with Gasteiger partial charge in [-0.25, -0.2) is 0 Å². The van der Waals surface area contributed by atoms with Crippen molar-refractivity contribution in [3.63, 3.8) is 0 Å². The van der Waals surface area contributed by atoms with Crippen molar-refractivity contribution in [2.24, 2.45) is 0 Å². The normalized spacial score (nSPS) is 19.7. The molecule has 0 atom stereocenters. The van der Waals surface area contributed by atoms with E-state index < -0.39 is 16.5 Å². The van der Waals surface area contributed by atoms with Crippen molar-refractivity contribution in [3.05, 3.63) is 24.3 Å². The summed E-state index contributed by atoms with van der Waals surface area (Å²) in [6.45, 7) is 13.5. The molecular formula is C18H33NSi2. The van der Waals surface area contributed by atoms with Gasteiger partial charge in [0.05, 0.1) is 0 Å². The summed E-state index contributed by atoms with van der Waals surface area (Å²) in [6, 6.07) is 15.1. The molecule has 1 heterocycles. The Bertz CT molecular complexity index is 425. The van der Waals surface area contributed by atoms with Crippen molar-refractivity contribution in [2.45, 2.75) is 71.6 Å². The van der Waals surface area contributed by atoms with E-state index in [1.165, 1.54) is 43.6 Å². The monoisotopic (exact) mass is 319 g/mol. The second kappa shape index (κ2) is 6.80. The van der Waals surface area contributed by atoms with Crippen LogP contribution in [0.2, 0.25) is 24.2 Å². The molecule has 0 aromatic heterocycles. The first kappa shape index (κ1) is 17.0. The Morgan fingerprint density at radius 2 is 1.19 bits per heavy atom. The molecule has 0 fully saturated rings. The molecule has 1 aliphatic heterocycles. The Hall–Kier alpha value is -0.386. The van der Waals surface area contributed by atoms with Gasteiger partial charge in [0.25, 0.3) is 0 Å². The van der Waals surface area contributed by atoms with E-state index in [1.807, 2.05) is 0 Å². The lowest BCUT2D eigenvalue weighted by Crippen LogP contribution is -2.64. The predicted octanol–water partition coefficient (Wildman–Crippen LogP) is 4.19. The summed E-state index contributed by atoms with van der Waals surface area (Å²) >= 11 is 0. The van der Waals surface area contributed by atoms with E-state index >= 15 is 0 Å². The average molecular weight is 320 g/mol. The zero-order valence-corrected chi connectivity index (χ0v) is 16.7. The third kappa shape index (κ3) is 2.38. The molecule has 1 aliphatic rings. The minimum absolute atomic E-state index is 1.32. The first-order valence-corrected chi connectivity index (χ1v) is 13.8. The lowest BCUT2D eigenvalue weighted by molar-refractivity contribution is 0.569. The van der Waals surface area contributed by atoms with Gasteiger partial charge in [0.2, 0.25) is 0 Å². The molecule has 0 saturated heterocycles. The number of unbranched alkanes of at least 4 members (excludes halogenated alkanes) is 1. The molecule has 0 radical (unpaired) electrons. The van der Waals surface area contributed by atoms with E-state index in [0.29, 0.717) is 0 Å².